The van der Waals surface area contributed by atoms with Crippen LogP contribution in [0.15, 0.2) is 18.2 Å². The number of aromatic nitrogens is 2. The molecule has 102 valence electrons. The molecular formula is C15H19ClN2S. The van der Waals surface area contributed by atoms with E-state index in [-0.39, 0.29) is 0 Å². The predicted molar refractivity (Wildman–Crippen MR) is 83.3 cm³/mol. The summed E-state index contributed by atoms with van der Waals surface area (Å²) in [5.41, 5.74) is 2.59. The van der Waals surface area contributed by atoms with E-state index < -0.39 is 0 Å². The van der Waals surface area contributed by atoms with Crippen LogP contribution < -0.4 is 0 Å². The van der Waals surface area contributed by atoms with Crippen molar-refractivity contribution in [3.63, 3.8) is 0 Å². The van der Waals surface area contributed by atoms with Crippen LogP contribution in [0.1, 0.15) is 39.0 Å². The quantitative estimate of drug-likeness (QED) is 0.743. The van der Waals surface area contributed by atoms with Gasteiger partial charge >= 0.3 is 0 Å². The van der Waals surface area contributed by atoms with Gasteiger partial charge in [0.2, 0.25) is 0 Å². The van der Waals surface area contributed by atoms with Crippen molar-refractivity contribution in [2.75, 3.05) is 0 Å². The van der Waals surface area contributed by atoms with Gasteiger partial charge in [-0.1, -0.05) is 37.8 Å². The van der Waals surface area contributed by atoms with E-state index in [1.807, 2.05) is 12.1 Å². The van der Waals surface area contributed by atoms with E-state index in [1.165, 1.54) is 37.6 Å². The first-order valence-corrected chi connectivity index (χ1v) is 7.74. The number of aromatic amines is 1. The second-order valence-electron chi connectivity index (χ2n) is 6.05. The Kier molecular flexibility index (Phi) is 3.44. The molecule has 0 bridgehead atoms. The fourth-order valence-electron chi connectivity index (χ4n) is 3.24. The molecule has 1 aliphatic carbocycles. The minimum atomic E-state index is 0.380. The summed E-state index contributed by atoms with van der Waals surface area (Å²) in [4.78, 5) is 3.27. The molecule has 0 unspecified atom stereocenters. The van der Waals surface area contributed by atoms with Crippen LogP contribution in [0.25, 0.3) is 11.0 Å². The Labute approximate surface area is 123 Å². The number of benzene rings is 1. The maximum atomic E-state index is 6.04. The molecule has 4 heteroatoms. The molecule has 1 fully saturated rings. The summed E-state index contributed by atoms with van der Waals surface area (Å²) in [6.45, 7) is 3.40. The van der Waals surface area contributed by atoms with Gasteiger partial charge in [0.15, 0.2) is 4.77 Å². The number of H-pyrrole nitrogens is 1. The number of halogens is 1. The largest absolute Gasteiger partial charge is 0.331 e. The van der Waals surface area contributed by atoms with Gasteiger partial charge in [0.05, 0.1) is 11.0 Å². The highest BCUT2D eigenvalue weighted by Gasteiger charge is 2.28. The third kappa shape index (κ3) is 2.59. The van der Waals surface area contributed by atoms with Crippen LogP contribution in [0.3, 0.4) is 0 Å². The Hall–Kier alpha value is -0.800. The van der Waals surface area contributed by atoms with Gasteiger partial charge in [-0.3, -0.25) is 0 Å². The highest BCUT2D eigenvalue weighted by molar-refractivity contribution is 7.71. The molecule has 0 atom stereocenters. The number of hydrogen-bond donors (Lipinski definition) is 1. The van der Waals surface area contributed by atoms with Gasteiger partial charge in [0, 0.05) is 11.6 Å². The second-order valence-corrected chi connectivity index (χ2v) is 6.87. The van der Waals surface area contributed by atoms with Crippen molar-refractivity contribution in [1.29, 1.82) is 0 Å². The Morgan fingerprint density at radius 3 is 2.79 bits per heavy atom. The van der Waals surface area contributed by atoms with E-state index in [0.717, 1.165) is 21.9 Å². The first-order valence-electron chi connectivity index (χ1n) is 6.96. The van der Waals surface area contributed by atoms with E-state index in [1.54, 1.807) is 0 Å². The van der Waals surface area contributed by atoms with Crippen LogP contribution in [0.5, 0.6) is 0 Å². The summed E-state index contributed by atoms with van der Waals surface area (Å²) in [6.07, 6.45) is 6.67. The highest BCUT2D eigenvalue weighted by atomic mass is 35.5. The van der Waals surface area contributed by atoms with Crippen molar-refractivity contribution in [2.24, 2.45) is 5.41 Å². The average molecular weight is 295 g/mol. The average Bonchev–Trinajstić information content (AvgIpc) is 2.65. The number of fused-ring (bicyclic) bond motifs is 1. The zero-order chi connectivity index (χ0) is 13.5. The lowest BCUT2D eigenvalue weighted by Gasteiger charge is -2.34. The molecule has 3 rings (SSSR count). The number of imidazole rings is 1. The van der Waals surface area contributed by atoms with Crippen molar-refractivity contribution in [2.45, 2.75) is 45.6 Å². The van der Waals surface area contributed by atoms with Gasteiger partial charge in [-0.25, -0.2) is 0 Å². The van der Waals surface area contributed by atoms with Crippen molar-refractivity contribution in [1.82, 2.24) is 9.55 Å². The molecule has 1 N–H and O–H groups in total. The number of nitrogens with one attached hydrogen (secondary N) is 1. The highest BCUT2D eigenvalue weighted by Crippen LogP contribution is 2.38. The lowest BCUT2D eigenvalue weighted by molar-refractivity contribution is 0.184. The molecule has 2 nitrogen and oxygen atoms in total. The lowest BCUT2D eigenvalue weighted by Crippen LogP contribution is -2.26. The maximum absolute atomic E-state index is 6.04. The van der Waals surface area contributed by atoms with Crippen LogP contribution in [0, 0.1) is 10.2 Å². The van der Waals surface area contributed by atoms with Crippen LogP contribution in [0.4, 0.5) is 0 Å². The zero-order valence-electron chi connectivity index (χ0n) is 11.2. The van der Waals surface area contributed by atoms with Gasteiger partial charge in [-0.05, 0) is 48.7 Å². The normalized spacial score (nSPS) is 18.8. The minimum absolute atomic E-state index is 0.380. The monoisotopic (exact) mass is 294 g/mol. The molecule has 0 amide bonds. The topological polar surface area (TPSA) is 20.7 Å². The summed E-state index contributed by atoms with van der Waals surface area (Å²) in [6, 6.07) is 5.95. The Balaban J connectivity index is 2.00. The molecule has 0 radical (unpaired) electrons. The van der Waals surface area contributed by atoms with Crippen molar-refractivity contribution in [3.8, 4) is 0 Å². The molecule has 0 spiro atoms. The summed E-state index contributed by atoms with van der Waals surface area (Å²) >= 11 is 11.5. The smallest absolute Gasteiger partial charge is 0.178 e. The van der Waals surface area contributed by atoms with E-state index in [4.69, 9.17) is 23.8 Å². The van der Waals surface area contributed by atoms with E-state index in [9.17, 15) is 0 Å². The molecule has 2 aromatic rings. The molecule has 1 saturated carbocycles. The van der Waals surface area contributed by atoms with Crippen LogP contribution in [-0.4, -0.2) is 9.55 Å². The first-order chi connectivity index (χ1) is 9.07. The molecular weight excluding hydrogens is 276 g/mol. The molecule has 1 aliphatic rings. The molecule has 1 heterocycles. The maximum Gasteiger partial charge on any atom is 0.178 e. The van der Waals surface area contributed by atoms with Gasteiger partial charge in [-0.15, -0.1) is 0 Å². The standard InChI is InChI=1S/C15H19ClN2S/c1-15(7-3-2-4-8-15)10-18-13-6-5-11(16)9-12(13)17-14(18)19/h5-6,9H,2-4,7-8,10H2,1H3,(H,17,19). The molecule has 1 aromatic carbocycles. The number of hydrogen-bond acceptors (Lipinski definition) is 1. The van der Waals surface area contributed by atoms with Gasteiger partial charge in [0.25, 0.3) is 0 Å². The minimum Gasteiger partial charge on any atom is -0.331 e. The zero-order valence-corrected chi connectivity index (χ0v) is 12.8. The van der Waals surface area contributed by atoms with Crippen molar-refractivity contribution >= 4 is 34.9 Å². The summed E-state index contributed by atoms with van der Waals surface area (Å²) in [7, 11) is 0. The van der Waals surface area contributed by atoms with Gasteiger partial charge in [0.1, 0.15) is 0 Å². The summed E-state index contributed by atoms with van der Waals surface area (Å²) in [5, 5.41) is 0.750. The first kappa shape index (κ1) is 13.2. The molecule has 1 aromatic heterocycles. The number of rotatable bonds is 2. The van der Waals surface area contributed by atoms with Crippen molar-refractivity contribution in [3.05, 3.63) is 28.0 Å². The fourth-order valence-corrected chi connectivity index (χ4v) is 3.68. The SMILES string of the molecule is CC1(Cn2c(=S)[nH]c3cc(Cl)ccc32)CCCCC1. The molecule has 0 aliphatic heterocycles. The van der Waals surface area contributed by atoms with E-state index in [2.05, 4.69) is 22.5 Å². The van der Waals surface area contributed by atoms with Crippen LogP contribution >= 0.6 is 23.8 Å². The third-order valence-electron chi connectivity index (χ3n) is 4.34. The molecule has 19 heavy (non-hydrogen) atoms. The molecule has 0 saturated heterocycles. The predicted octanol–water partition coefficient (Wildman–Crippen LogP) is 5.32. The second kappa shape index (κ2) is 4.95. The Morgan fingerprint density at radius 2 is 2.05 bits per heavy atom. The fraction of sp³-hybridized carbons (Fsp3) is 0.533. The van der Waals surface area contributed by atoms with Gasteiger partial charge in [-0.2, -0.15) is 0 Å². The van der Waals surface area contributed by atoms with Crippen LogP contribution in [0.2, 0.25) is 5.02 Å². The van der Waals surface area contributed by atoms with Gasteiger partial charge < -0.3 is 9.55 Å². The van der Waals surface area contributed by atoms with E-state index >= 15 is 0 Å². The lowest BCUT2D eigenvalue weighted by atomic mass is 9.75. The summed E-state index contributed by atoms with van der Waals surface area (Å²) in [5.74, 6) is 0. The third-order valence-corrected chi connectivity index (χ3v) is 4.89. The van der Waals surface area contributed by atoms with Crippen molar-refractivity contribution < 1.29 is 0 Å². The number of nitrogens with zero attached hydrogens (tertiary/aromatic N) is 1. The summed E-state index contributed by atoms with van der Waals surface area (Å²) < 4.78 is 3.05. The Bertz CT molecular complexity index is 650. The van der Waals surface area contributed by atoms with E-state index in [0.29, 0.717) is 5.41 Å². The Morgan fingerprint density at radius 1 is 1.32 bits per heavy atom. The van der Waals surface area contributed by atoms with Crippen LogP contribution in [-0.2, 0) is 6.54 Å².